The lowest BCUT2D eigenvalue weighted by Gasteiger charge is -2.33. The third kappa shape index (κ3) is 2.69. The number of methoxy groups -OCH3 is 1. The molecule has 0 amide bonds. The third-order valence-corrected chi connectivity index (χ3v) is 6.30. The number of hydrogen-bond acceptors (Lipinski definition) is 3. The van der Waals surface area contributed by atoms with Gasteiger partial charge in [-0.2, -0.15) is 4.31 Å². The Bertz CT molecular complexity index is 572. The number of rotatable bonds is 3. The van der Waals surface area contributed by atoms with Gasteiger partial charge in [0.05, 0.1) is 12.0 Å². The maximum Gasteiger partial charge on any atom is 0.243 e. The summed E-state index contributed by atoms with van der Waals surface area (Å²) in [7, 11) is -1.83. The van der Waals surface area contributed by atoms with Gasteiger partial charge in [-0.05, 0) is 56.9 Å². The molecular formula is C15H23NO3S. The summed E-state index contributed by atoms with van der Waals surface area (Å²) in [5, 5.41) is 0. The van der Waals surface area contributed by atoms with Gasteiger partial charge in [0.2, 0.25) is 10.0 Å². The van der Waals surface area contributed by atoms with Crippen LogP contribution in [0, 0.1) is 13.8 Å². The quantitative estimate of drug-likeness (QED) is 0.862. The first-order valence-electron chi connectivity index (χ1n) is 7.05. The van der Waals surface area contributed by atoms with E-state index in [0.717, 1.165) is 30.4 Å². The van der Waals surface area contributed by atoms with Crippen LogP contribution in [-0.2, 0) is 10.0 Å². The largest absolute Gasteiger partial charge is 0.497 e. The maximum atomic E-state index is 12.9. The van der Waals surface area contributed by atoms with Gasteiger partial charge in [-0.1, -0.05) is 6.42 Å². The van der Waals surface area contributed by atoms with Crippen molar-refractivity contribution < 1.29 is 13.2 Å². The molecule has 2 rings (SSSR count). The average molecular weight is 297 g/mol. The van der Waals surface area contributed by atoms with E-state index in [-0.39, 0.29) is 6.04 Å². The molecule has 1 atom stereocenters. The van der Waals surface area contributed by atoms with Gasteiger partial charge < -0.3 is 4.74 Å². The molecule has 0 spiro atoms. The summed E-state index contributed by atoms with van der Waals surface area (Å²) >= 11 is 0. The highest BCUT2D eigenvalue weighted by Gasteiger charge is 2.33. The molecule has 1 aliphatic rings. The molecule has 1 aromatic rings. The molecule has 0 unspecified atom stereocenters. The minimum atomic E-state index is -3.42. The fourth-order valence-electron chi connectivity index (χ4n) is 2.98. The van der Waals surface area contributed by atoms with E-state index in [9.17, 15) is 8.42 Å². The van der Waals surface area contributed by atoms with Crippen LogP contribution in [0.1, 0.15) is 37.3 Å². The zero-order valence-corrected chi connectivity index (χ0v) is 13.5. The Morgan fingerprint density at radius 1 is 1.20 bits per heavy atom. The Labute approximate surface area is 121 Å². The van der Waals surface area contributed by atoms with Gasteiger partial charge in [-0.25, -0.2) is 8.42 Å². The van der Waals surface area contributed by atoms with Gasteiger partial charge in [0.15, 0.2) is 0 Å². The number of piperidine rings is 1. The smallest absolute Gasteiger partial charge is 0.243 e. The van der Waals surface area contributed by atoms with E-state index in [1.165, 1.54) is 0 Å². The van der Waals surface area contributed by atoms with E-state index in [1.807, 2.05) is 20.8 Å². The van der Waals surface area contributed by atoms with Crippen molar-refractivity contribution >= 4 is 10.0 Å². The molecule has 0 N–H and O–H groups in total. The number of hydrogen-bond donors (Lipinski definition) is 0. The van der Waals surface area contributed by atoms with Crippen molar-refractivity contribution in [2.75, 3.05) is 13.7 Å². The average Bonchev–Trinajstić information content (AvgIpc) is 2.37. The summed E-state index contributed by atoms with van der Waals surface area (Å²) < 4.78 is 32.7. The zero-order valence-electron chi connectivity index (χ0n) is 12.6. The molecule has 0 aliphatic carbocycles. The number of benzene rings is 1. The second kappa shape index (κ2) is 5.74. The van der Waals surface area contributed by atoms with Crippen LogP contribution in [-0.4, -0.2) is 32.4 Å². The van der Waals surface area contributed by atoms with Gasteiger partial charge in [0.25, 0.3) is 0 Å². The zero-order chi connectivity index (χ0) is 14.9. The lowest BCUT2D eigenvalue weighted by atomic mass is 10.1. The molecule has 0 bridgehead atoms. The summed E-state index contributed by atoms with van der Waals surface area (Å²) in [5.74, 6) is 0.700. The summed E-state index contributed by atoms with van der Waals surface area (Å²) in [6, 6.07) is 3.65. The molecule has 1 saturated heterocycles. The predicted octanol–water partition coefficient (Wildman–Crippen LogP) is 2.88. The molecule has 5 heteroatoms. The first-order chi connectivity index (χ1) is 9.37. The summed E-state index contributed by atoms with van der Waals surface area (Å²) in [6.45, 7) is 6.27. The van der Waals surface area contributed by atoms with Crippen LogP contribution in [0.15, 0.2) is 17.0 Å². The standard InChI is InChI=1S/C15H23NO3S/c1-11-9-14(19-4)10-12(2)15(11)20(17,18)16-8-6-5-7-13(16)3/h9-10,13H,5-8H2,1-4H3/t13-/m0/s1. The summed E-state index contributed by atoms with van der Waals surface area (Å²) in [4.78, 5) is 0.437. The highest BCUT2D eigenvalue weighted by atomic mass is 32.2. The van der Waals surface area contributed by atoms with Crippen LogP contribution in [0.25, 0.3) is 0 Å². The molecular weight excluding hydrogens is 274 g/mol. The Morgan fingerprint density at radius 2 is 1.80 bits per heavy atom. The van der Waals surface area contributed by atoms with Crippen molar-refractivity contribution in [2.45, 2.75) is 51.0 Å². The van der Waals surface area contributed by atoms with Gasteiger partial charge >= 0.3 is 0 Å². The number of aryl methyl sites for hydroxylation is 2. The third-order valence-electron chi connectivity index (χ3n) is 3.98. The first kappa shape index (κ1) is 15.3. The highest BCUT2D eigenvalue weighted by Crippen LogP contribution is 2.31. The van der Waals surface area contributed by atoms with Gasteiger partial charge in [0.1, 0.15) is 5.75 Å². The maximum absolute atomic E-state index is 12.9. The fraction of sp³-hybridized carbons (Fsp3) is 0.600. The second-order valence-electron chi connectivity index (χ2n) is 5.55. The number of nitrogens with zero attached hydrogens (tertiary/aromatic N) is 1. The molecule has 0 radical (unpaired) electrons. The first-order valence-corrected chi connectivity index (χ1v) is 8.49. The minimum absolute atomic E-state index is 0.0784. The fourth-order valence-corrected chi connectivity index (χ4v) is 5.10. The van der Waals surface area contributed by atoms with E-state index in [2.05, 4.69) is 0 Å². The predicted molar refractivity (Wildman–Crippen MR) is 79.7 cm³/mol. The van der Waals surface area contributed by atoms with Crippen molar-refractivity contribution in [1.29, 1.82) is 0 Å². The molecule has 4 nitrogen and oxygen atoms in total. The molecule has 1 heterocycles. The van der Waals surface area contributed by atoms with Crippen LogP contribution >= 0.6 is 0 Å². The van der Waals surface area contributed by atoms with Crippen LogP contribution in [0.4, 0.5) is 0 Å². The van der Waals surface area contributed by atoms with Crippen molar-refractivity contribution in [1.82, 2.24) is 4.31 Å². The second-order valence-corrected chi connectivity index (χ2v) is 7.38. The summed E-state index contributed by atoms with van der Waals surface area (Å²) in [5.41, 5.74) is 1.50. The van der Waals surface area contributed by atoms with Crippen molar-refractivity contribution in [2.24, 2.45) is 0 Å². The molecule has 0 aromatic heterocycles. The monoisotopic (exact) mass is 297 g/mol. The SMILES string of the molecule is COc1cc(C)c(S(=O)(=O)N2CCCC[C@@H]2C)c(C)c1. The molecule has 1 aliphatic heterocycles. The Kier molecular flexibility index (Phi) is 4.39. The van der Waals surface area contributed by atoms with E-state index >= 15 is 0 Å². The Balaban J connectivity index is 2.49. The lowest BCUT2D eigenvalue weighted by Crippen LogP contribution is -2.42. The lowest BCUT2D eigenvalue weighted by molar-refractivity contribution is 0.268. The van der Waals surface area contributed by atoms with Crippen LogP contribution < -0.4 is 4.74 Å². The molecule has 20 heavy (non-hydrogen) atoms. The highest BCUT2D eigenvalue weighted by molar-refractivity contribution is 7.89. The number of sulfonamides is 1. The number of ether oxygens (including phenoxy) is 1. The van der Waals surface area contributed by atoms with Crippen molar-refractivity contribution in [3.8, 4) is 5.75 Å². The molecule has 1 aromatic carbocycles. The van der Waals surface area contributed by atoms with Crippen LogP contribution in [0.3, 0.4) is 0 Å². The molecule has 0 saturated carbocycles. The van der Waals surface area contributed by atoms with Gasteiger partial charge in [0, 0.05) is 12.6 Å². The van der Waals surface area contributed by atoms with Gasteiger partial charge in [-0.15, -0.1) is 0 Å². The van der Waals surface area contributed by atoms with Gasteiger partial charge in [-0.3, -0.25) is 0 Å². The van der Waals surface area contributed by atoms with Crippen molar-refractivity contribution in [3.05, 3.63) is 23.3 Å². The molecule has 112 valence electrons. The van der Waals surface area contributed by atoms with E-state index in [0.29, 0.717) is 17.2 Å². The van der Waals surface area contributed by atoms with Crippen LogP contribution in [0.2, 0.25) is 0 Å². The van der Waals surface area contributed by atoms with E-state index < -0.39 is 10.0 Å². The van der Waals surface area contributed by atoms with Crippen molar-refractivity contribution in [3.63, 3.8) is 0 Å². The van der Waals surface area contributed by atoms with E-state index in [4.69, 9.17) is 4.74 Å². The normalized spacial score (nSPS) is 20.9. The van der Waals surface area contributed by atoms with E-state index in [1.54, 1.807) is 23.5 Å². The summed E-state index contributed by atoms with van der Waals surface area (Å²) in [6.07, 6.45) is 2.99. The Morgan fingerprint density at radius 3 is 2.30 bits per heavy atom. The topological polar surface area (TPSA) is 46.6 Å². The minimum Gasteiger partial charge on any atom is -0.497 e. The Hall–Kier alpha value is -1.07. The van der Waals surface area contributed by atoms with Crippen LogP contribution in [0.5, 0.6) is 5.75 Å². The molecule has 1 fully saturated rings.